The van der Waals surface area contributed by atoms with Crippen molar-refractivity contribution in [3.63, 3.8) is 0 Å². The number of nitrogens with one attached hydrogen (secondary N) is 1. The summed E-state index contributed by atoms with van der Waals surface area (Å²) in [6.45, 7) is 0.127. The minimum Gasteiger partial charge on any atom is -0.396 e. The predicted octanol–water partition coefficient (Wildman–Crippen LogP) is 2.51. The Hall–Kier alpha value is -1.17. The number of halogens is 1. The van der Waals surface area contributed by atoms with Gasteiger partial charge >= 0.3 is 0 Å². The van der Waals surface area contributed by atoms with E-state index in [4.69, 9.17) is 28.9 Å². The first-order valence-electron chi connectivity index (χ1n) is 5.26. The van der Waals surface area contributed by atoms with Gasteiger partial charge in [-0.1, -0.05) is 23.7 Å². The van der Waals surface area contributed by atoms with Gasteiger partial charge in [0.25, 0.3) is 0 Å². The number of aromatic amines is 1. The Kier molecular flexibility index (Phi) is 3.93. The first-order chi connectivity index (χ1) is 8.24. The van der Waals surface area contributed by atoms with E-state index in [1.165, 1.54) is 0 Å². The molecule has 0 amide bonds. The molecule has 2 rings (SSSR count). The molecule has 4 nitrogen and oxygen atoms in total. The Morgan fingerprint density at radius 2 is 2.18 bits per heavy atom. The Morgan fingerprint density at radius 1 is 1.41 bits per heavy atom. The summed E-state index contributed by atoms with van der Waals surface area (Å²) in [6.07, 6.45) is 1.29. The minimum atomic E-state index is 0.127. The topological polar surface area (TPSA) is 53.8 Å². The van der Waals surface area contributed by atoms with Gasteiger partial charge in [0.2, 0.25) is 0 Å². The maximum absolute atomic E-state index is 8.85. The Balaban J connectivity index is 2.48. The molecule has 2 aromatic rings. The standard InChI is InChI=1S/C11H12ClN3OS/c12-8-4-1-2-5-9(8)15-10(6-3-7-16)13-14-11(15)17/h1-2,4-5,16H,3,6-7H2,(H,14,17). The summed E-state index contributed by atoms with van der Waals surface area (Å²) in [7, 11) is 0. The fourth-order valence-electron chi connectivity index (χ4n) is 1.62. The Bertz CT molecular complexity index is 564. The highest BCUT2D eigenvalue weighted by atomic mass is 35.5. The monoisotopic (exact) mass is 269 g/mol. The van der Waals surface area contributed by atoms with Crippen molar-refractivity contribution in [3.05, 3.63) is 39.9 Å². The summed E-state index contributed by atoms with van der Waals surface area (Å²) in [5.41, 5.74) is 0.806. The van der Waals surface area contributed by atoms with Crippen LogP contribution in [0.3, 0.4) is 0 Å². The minimum absolute atomic E-state index is 0.127. The first kappa shape index (κ1) is 12.3. The summed E-state index contributed by atoms with van der Waals surface area (Å²) < 4.78 is 2.30. The largest absolute Gasteiger partial charge is 0.396 e. The van der Waals surface area contributed by atoms with Crippen LogP contribution >= 0.6 is 23.8 Å². The second-order valence-electron chi connectivity index (χ2n) is 3.56. The van der Waals surface area contributed by atoms with E-state index in [0.717, 1.165) is 11.5 Å². The van der Waals surface area contributed by atoms with Gasteiger partial charge in [-0.25, -0.2) is 0 Å². The van der Waals surface area contributed by atoms with Crippen LogP contribution in [-0.4, -0.2) is 26.5 Å². The molecule has 6 heteroatoms. The fraction of sp³-hybridized carbons (Fsp3) is 0.273. The molecule has 0 aliphatic heterocycles. The van der Waals surface area contributed by atoms with Crippen molar-refractivity contribution in [3.8, 4) is 5.69 Å². The van der Waals surface area contributed by atoms with Crippen molar-refractivity contribution < 1.29 is 5.11 Å². The average molecular weight is 270 g/mol. The number of rotatable bonds is 4. The quantitative estimate of drug-likeness (QED) is 0.839. The summed E-state index contributed by atoms with van der Waals surface area (Å²) in [6, 6.07) is 7.45. The van der Waals surface area contributed by atoms with Crippen LogP contribution in [0, 0.1) is 4.77 Å². The molecule has 1 aromatic heterocycles. The predicted molar refractivity (Wildman–Crippen MR) is 69.2 cm³/mol. The zero-order chi connectivity index (χ0) is 12.3. The SMILES string of the molecule is OCCCc1n[nH]c(=S)n1-c1ccccc1Cl. The third-order valence-corrected chi connectivity index (χ3v) is 2.99. The van der Waals surface area contributed by atoms with Crippen molar-refractivity contribution in [2.24, 2.45) is 0 Å². The van der Waals surface area contributed by atoms with E-state index in [-0.39, 0.29) is 6.61 Å². The zero-order valence-corrected chi connectivity index (χ0v) is 10.6. The Labute approximate surface area is 109 Å². The van der Waals surface area contributed by atoms with Gasteiger partial charge in [-0.15, -0.1) is 0 Å². The van der Waals surface area contributed by atoms with Crippen LogP contribution in [0.15, 0.2) is 24.3 Å². The zero-order valence-electron chi connectivity index (χ0n) is 9.06. The molecule has 2 N–H and O–H groups in total. The number of H-pyrrole nitrogens is 1. The number of aryl methyl sites for hydroxylation is 1. The molecule has 90 valence electrons. The van der Waals surface area contributed by atoms with E-state index in [1.807, 2.05) is 24.3 Å². The fourth-order valence-corrected chi connectivity index (χ4v) is 2.09. The molecule has 0 spiro atoms. The van der Waals surface area contributed by atoms with Gasteiger partial charge in [-0.2, -0.15) is 5.10 Å². The lowest BCUT2D eigenvalue weighted by molar-refractivity contribution is 0.287. The van der Waals surface area contributed by atoms with Crippen LogP contribution in [0.25, 0.3) is 5.69 Å². The summed E-state index contributed by atoms with van der Waals surface area (Å²) >= 11 is 11.3. The van der Waals surface area contributed by atoms with Gasteiger partial charge in [0.1, 0.15) is 5.82 Å². The molecule has 0 saturated carbocycles. The van der Waals surface area contributed by atoms with E-state index in [2.05, 4.69) is 10.2 Å². The van der Waals surface area contributed by atoms with E-state index in [0.29, 0.717) is 22.6 Å². The molecule has 1 heterocycles. The van der Waals surface area contributed by atoms with Gasteiger partial charge in [-0.3, -0.25) is 9.67 Å². The molecular formula is C11H12ClN3OS. The van der Waals surface area contributed by atoms with E-state index in [1.54, 1.807) is 4.57 Å². The van der Waals surface area contributed by atoms with Crippen LogP contribution in [-0.2, 0) is 6.42 Å². The van der Waals surface area contributed by atoms with E-state index >= 15 is 0 Å². The van der Waals surface area contributed by atoms with Gasteiger partial charge in [0.05, 0.1) is 10.7 Å². The average Bonchev–Trinajstić information content (AvgIpc) is 2.69. The van der Waals surface area contributed by atoms with Crippen molar-refractivity contribution in [2.45, 2.75) is 12.8 Å². The number of hydrogen-bond donors (Lipinski definition) is 2. The lowest BCUT2D eigenvalue weighted by Crippen LogP contribution is -2.03. The summed E-state index contributed by atoms with van der Waals surface area (Å²) in [5, 5.41) is 16.4. The third-order valence-electron chi connectivity index (χ3n) is 2.39. The maximum Gasteiger partial charge on any atom is 0.199 e. The van der Waals surface area contributed by atoms with Crippen LogP contribution in [0.5, 0.6) is 0 Å². The highest BCUT2D eigenvalue weighted by Crippen LogP contribution is 2.21. The first-order valence-corrected chi connectivity index (χ1v) is 6.04. The van der Waals surface area contributed by atoms with Crippen molar-refractivity contribution in [1.29, 1.82) is 0 Å². The van der Waals surface area contributed by atoms with E-state index < -0.39 is 0 Å². The van der Waals surface area contributed by atoms with Gasteiger partial charge < -0.3 is 5.11 Å². The van der Waals surface area contributed by atoms with Gasteiger partial charge in [0, 0.05) is 13.0 Å². The van der Waals surface area contributed by atoms with Crippen molar-refractivity contribution >= 4 is 23.8 Å². The van der Waals surface area contributed by atoms with Crippen molar-refractivity contribution in [1.82, 2.24) is 14.8 Å². The number of benzene rings is 1. The number of nitrogens with zero attached hydrogens (tertiary/aromatic N) is 2. The van der Waals surface area contributed by atoms with E-state index in [9.17, 15) is 0 Å². The highest BCUT2D eigenvalue weighted by Gasteiger charge is 2.10. The molecule has 0 bridgehead atoms. The molecular weight excluding hydrogens is 258 g/mol. The second kappa shape index (κ2) is 5.44. The molecule has 1 aromatic carbocycles. The summed E-state index contributed by atoms with van der Waals surface area (Å²) in [4.78, 5) is 0. The number of aromatic nitrogens is 3. The smallest absolute Gasteiger partial charge is 0.199 e. The number of aliphatic hydroxyl groups is 1. The number of para-hydroxylation sites is 1. The van der Waals surface area contributed by atoms with Gasteiger partial charge in [-0.05, 0) is 30.8 Å². The number of aliphatic hydroxyl groups excluding tert-OH is 1. The molecule has 0 atom stereocenters. The molecule has 0 radical (unpaired) electrons. The molecule has 0 unspecified atom stereocenters. The normalized spacial score (nSPS) is 10.7. The molecule has 0 saturated heterocycles. The lowest BCUT2D eigenvalue weighted by Gasteiger charge is -2.07. The van der Waals surface area contributed by atoms with Crippen molar-refractivity contribution in [2.75, 3.05) is 6.61 Å². The maximum atomic E-state index is 8.85. The van der Waals surface area contributed by atoms with Crippen LogP contribution in [0.2, 0.25) is 5.02 Å². The molecule has 17 heavy (non-hydrogen) atoms. The molecule has 0 fully saturated rings. The highest BCUT2D eigenvalue weighted by molar-refractivity contribution is 7.71. The molecule has 0 aliphatic carbocycles. The number of hydrogen-bond acceptors (Lipinski definition) is 3. The second-order valence-corrected chi connectivity index (χ2v) is 4.35. The Morgan fingerprint density at radius 3 is 2.88 bits per heavy atom. The summed E-state index contributed by atoms with van der Waals surface area (Å²) in [5.74, 6) is 0.775. The van der Waals surface area contributed by atoms with Crippen LogP contribution < -0.4 is 0 Å². The molecule has 0 aliphatic rings. The lowest BCUT2D eigenvalue weighted by atomic mass is 10.2. The van der Waals surface area contributed by atoms with Crippen LogP contribution in [0.4, 0.5) is 0 Å². The van der Waals surface area contributed by atoms with Crippen LogP contribution in [0.1, 0.15) is 12.2 Å². The third kappa shape index (κ3) is 2.57. The van der Waals surface area contributed by atoms with Gasteiger partial charge in [0.15, 0.2) is 4.77 Å².